The van der Waals surface area contributed by atoms with Gasteiger partial charge in [-0.05, 0) is 37.1 Å². The molecule has 4 aromatic rings. The molecular weight excluding hydrogens is 356 g/mol. The number of hydrogen-bond acceptors (Lipinski definition) is 4. The van der Waals surface area contributed by atoms with E-state index in [1.165, 1.54) is 11.7 Å². The van der Waals surface area contributed by atoms with E-state index in [1.54, 1.807) is 59.6 Å². The van der Waals surface area contributed by atoms with Crippen LogP contribution >= 0.6 is 0 Å². The molecule has 0 atom stereocenters. The highest BCUT2D eigenvalue weighted by Crippen LogP contribution is 2.20. The molecule has 0 spiro atoms. The van der Waals surface area contributed by atoms with Crippen molar-refractivity contribution < 1.29 is 4.74 Å². The zero-order chi connectivity index (χ0) is 19.5. The fourth-order valence-corrected chi connectivity index (χ4v) is 3.41. The van der Waals surface area contributed by atoms with Gasteiger partial charge < -0.3 is 9.72 Å². The Bertz CT molecular complexity index is 1220. The summed E-state index contributed by atoms with van der Waals surface area (Å²) in [5.41, 5.74) is 1.35. The van der Waals surface area contributed by atoms with Crippen molar-refractivity contribution in [1.82, 2.24) is 19.1 Å². The van der Waals surface area contributed by atoms with Crippen LogP contribution in [0.2, 0.25) is 0 Å². The first kappa shape index (κ1) is 17.8. The maximum absolute atomic E-state index is 13.3. The number of imidazole rings is 1. The van der Waals surface area contributed by atoms with Crippen molar-refractivity contribution >= 4 is 10.9 Å². The van der Waals surface area contributed by atoms with Gasteiger partial charge in [-0.25, -0.2) is 14.3 Å². The number of aromatic amines is 1. The van der Waals surface area contributed by atoms with Crippen molar-refractivity contribution in [2.45, 2.75) is 19.4 Å². The number of para-hydroxylation sites is 3. The molecule has 2 aromatic carbocycles. The molecule has 2 heterocycles. The molecule has 7 nitrogen and oxygen atoms in total. The summed E-state index contributed by atoms with van der Waals surface area (Å²) in [5.74, 6) is 0.473. The van der Waals surface area contributed by atoms with E-state index in [2.05, 4.69) is 9.97 Å². The van der Waals surface area contributed by atoms with Gasteiger partial charge in [-0.3, -0.25) is 9.36 Å². The number of ether oxygens (including phenoxy) is 1. The summed E-state index contributed by atoms with van der Waals surface area (Å²) < 4.78 is 8.22. The summed E-state index contributed by atoms with van der Waals surface area (Å²) in [7, 11) is 1.52. The topological polar surface area (TPSA) is 81.9 Å². The van der Waals surface area contributed by atoms with Crippen LogP contribution in [0.1, 0.15) is 12.1 Å². The van der Waals surface area contributed by atoms with Crippen LogP contribution in [0, 0.1) is 0 Å². The highest BCUT2D eigenvalue weighted by molar-refractivity contribution is 5.78. The lowest BCUT2D eigenvalue weighted by molar-refractivity contribution is 0.411. The maximum Gasteiger partial charge on any atom is 0.336 e. The average Bonchev–Trinajstić information content (AvgIpc) is 3.24. The Hall–Kier alpha value is -3.61. The number of nitrogens with one attached hydrogen (secondary N) is 1. The van der Waals surface area contributed by atoms with Crippen molar-refractivity contribution in [1.29, 1.82) is 0 Å². The molecular formula is C21H20N4O3. The van der Waals surface area contributed by atoms with Crippen LogP contribution < -0.4 is 16.0 Å². The quantitative estimate of drug-likeness (QED) is 0.561. The monoisotopic (exact) mass is 376 g/mol. The van der Waals surface area contributed by atoms with Gasteiger partial charge in [0.05, 0.1) is 30.0 Å². The van der Waals surface area contributed by atoms with E-state index < -0.39 is 0 Å². The second kappa shape index (κ2) is 7.56. The average molecular weight is 376 g/mol. The van der Waals surface area contributed by atoms with Gasteiger partial charge in [-0.2, -0.15) is 0 Å². The molecule has 0 amide bonds. The second-order valence-corrected chi connectivity index (χ2v) is 6.44. The van der Waals surface area contributed by atoms with Crippen LogP contribution in [-0.2, 0) is 13.0 Å². The van der Waals surface area contributed by atoms with E-state index >= 15 is 0 Å². The molecule has 28 heavy (non-hydrogen) atoms. The Morgan fingerprint density at radius 2 is 1.86 bits per heavy atom. The standard InChI is InChI=1S/C21H20N4O3/c1-28-19-11-5-4-10-18(19)25-20(26)16-8-2-3-9-17(16)24(21(25)27)12-6-7-15-13-22-14-23-15/h2-5,8-11,13-14H,6-7,12H2,1H3,(H,22,23). The summed E-state index contributed by atoms with van der Waals surface area (Å²) >= 11 is 0. The summed E-state index contributed by atoms with van der Waals surface area (Å²) in [6.07, 6.45) is 4.90. The van der Waals surface area contributed by atoms with Crippen LogP contribution in [0.5, 0.6) is 5.75 Å². The number of fused-ring (bicyclic) bond motifs is 1. The first-order valence-electron chi connectivity index (χ1n) is 9.06. The van der Waals surface area contributed by atoms with Crippen molar-refractivity contribution in [3.63, 3.8) is 0 Å². The van der Waals surface area contributed by atoms with E-state index in [-0.39, 0.29) is 11.2 Å². The number of aromatic nitrogens is 4. The number of rotatable bonds is 6. The minimum atomic E-state index is -0.377. The van der Waals surface area contributed by atoms with Crippen LogP contribution in [0.25, 0.3) is 16.6 Å². The predicted molar refractivity (Wildman–Crippen MR) is 107 cm³/mol. The van der Waals surface area contributed by atoms with Crippen LogP contribution in [0.3, 0.4) is 0 Å². The molecule has 0 fully saturated rings. The summed E-state index contributed by atoms with van der Waals surface area (Å²) in [4.78, 5) is 33.5. The number of benzene rings is 2. The third-order valence-electron chi connectivity index (χ3n) is 4.76. The van der Waals surface area contributed by atoms with E-state index in [0.717, 1.165) is 18.5 Å². The van der Waals surface area contributed by atoms with Crippen molar-refractivity contribution in [3.05, 3.63) is 87.6 Å². The molecule has 0 aliphatic rings. The molecule has 1 N–H and O–H groups in total. The van der Waals surface area contributed by atoms with E-state index in [4.69, 9.17) is 4.74 Å². The zero-order valence-electron chi connectivity index (χ0n) is 15.5. The van der Waals surface area contributed by atoms with E-state index in [0.29, 0.717) is 28.9 Å². The van der Waals surface area contributed by atoms with Gasteiger partial charge in [0, 0.05) is 18.4 Å². The van der Waals surface area contributed by atoms with Crippen LogP contribution in [-0.4, -0.2) is 26.2 Å². The first-order chi connectivity index (χ1) is 13.7. The number of nitrogens with zero attached hydrogens (tertiary/aromatic N) is 3. The molecule has 0 saturated heterocycles. The lowest BCUT2D eigenvalue weighted by Gasteiger charge is -2.15. The Morgan fingerprint density at radius 3 is 2.64 bits per heavy atom. The Labute approximate surface area is 160 Å². The minimum Gasteiger partial charge on any atom is -0.495 e. The first-order valence-corrected chi connectivity index (χ1v) is 9.06. The Balaban J connectivity index is 1.86. The zero-order valence-corrected chi connectivity index (χ0v) is 15.5. The normalized spacial score (nSPS) is 11.0. The molecule has 2 aromatic heterocycles. The molecule has 142 valence electrons. The highest BCUT2D eigenvalue weighted by atomic mass is 16.5. The van der Waals surface area contributed by atoms with Gasteiger partial charge in [-0.1, -0.05) is 24.3 Å². The molecule has 7 heteroatoms. The van der Waals surface area contributed by atoms with Crippen LogP contribution in [0.15, 0.2) is 70.6 Å². The second-order valence-electron chi connectivity index (χ2n) is 6.44. The molecule has 0 radical (unpaired) electrons. The van der Waals surface area contributed by atoms with E-state index in [1.807, 2.05) is 6.07 Å². The lowest BCUT2D eigenvalue weighted by Crippen LogP contribution is -2.39. The van der Waals surface area contributed by atoms with E-state index in [9.17, 15) is 9.59 Å². The van der Waals surface area contributed by atoms with Crippen molar-refractivity contribution in [3.8, 4) is 11.4 Å². The summed E-state index contributed by atoms with van der Waals surface area (Å²) in [5, 5.41) is 0.495. The lowest BCUT2D eigenvalue weighted by atomic mass is 10.2. The number of hydrogen-bond donors (Lipinski definition) is 1. The molecule has 0 unspecified atom stereocenters. The van der Waals surface area contributed by atoms with Gasteiger partial charge in [0.25, 0.3) is 5.56 Å². The highest BCUT2D eigenvalue weighted by Gasteiger charge is 2.16. The number of H-pyrrole nitrogens is 1. The van der Waals surface area contributed by atoms with Gasteiger partial charge in [0.2, 0.25) is 0 Å². The third-order valence-corrected chi connectivity index (χ3v) is 4.76. The third kappa shape index (κ3) is 3.11. The van der Waals surface area contributed by atoms with Gasteiger partial charge >= 0.3 is 5.69 Å². The van der Waals surface area contributed by atoms with Gasteiger partial charge in [0.15, 0.2) is 0 Å². The fourth-order valence-electron chi connectivity index (χ4n) is 3.41. The molecule has 0 aliphatic carbocycles. The summed E-state index contributed by atoms with van der Waals surface area (Å²) in [6.45, 7) is 0.480. The SMILES string of the molecule is COc1ccccc1-n1c(=O)c2ccccc2n(CCCc2cnc[nH]2)c1=O. The molecule has 0 aliphatic heterocycles. The number of aryl methyl sites for hydroxylation is 2. The maximum atomic E-state index is 13.3. The van der Waals surface area contributed by atoms with Crippen molar-refractivity contribution in [2.75, 3.05) is 7.11 Å². The largest absolute Gasteiger partial charge is 0.495 e. The predicted octanol–water partition coefficient (Wildman–Crippen LogP) is 2.52. The Kier molecular flexibility index (Phi) is 4.80. The van der Waals surface area contributed by atoms with Gasteiger partial charge in [0.1, 0.15) is 5.75 Å². The Morgan fingerprint density at radius 1 is 1.07 bits per heavy atom. The van der Waals surface area contributed by atoms with Crippen molar-refractivity contribution in [2.24, 2.45) is 0 Å². The smallest absolute Gasteiger partial charge is 0.336 e. The fraction of sp³-hybridized carbons (Fsp3) is 0.190. The molecule has 0 saturated carbocycles. The molecule has 0 bridgehead atoms. The number of methoxy groups -OCH3 is 1. The molecule has 4 rings (SSSR count). The van der Waals surface area contributed by atoms with Gasteiger partial charge in [-0.15, -0.1) is 0 Å². The van der Waals surface area contributed by atoms with Crippen LogP contribution in [0.4, 0.5) is 0 Å². The summed E-state index contributed by atoms with van der Waals surface area (Å²) in [6, 6.07) is 14.2. The minimum absolute atomic E-state index is 0.352.